The minimum Gasteiger partial charge on any atom is -0.390 e. The summed E-state index contributed by atoms with van der Waals surface area (Å²) in [6, 6.07) is 9.02. The second-order valence-electron chi connectivity index (χ2n) is 6.65. The second-order valence-corrected chi connectivity index (χ2v) is 6.65. The summed E-state index contributed by atoms with van der Waals surface area (Å²) < 4.78 is 0. The number of hydrogen-bond acceptors (Lipinski definition) is 1. The van der Waals surface area contributed by atoms with Crippen molar-refractivity contribution in [3.05, 3.63) is 65.3 Å². The maximum atomic E-state index is 5.56. The normalized spacial score (nSPS) is 15.2. The van der Waals surface area contributed by atoms with Crippen LogP contribution >= 0.6 is 0 Å². The number of hydrogen-bond donors (Lipinski definition) is 1. The van der Waals surface area contributed by atoms with E-state index in [1.807, 2.05) is 27.7 Å². The molecular formula is C26H42N2. The van der Waals surface area contributed by atoms with Gasteiger partial charge in [-0.3, -0.25) is 4.99 Å². The predicted molar refractivity (Wildman–Crippen MR) is 129 cm³/mol. The molecule has 156 valence electrons. The molecule has 0 aliphatic heterocycles. The van der Waals surface area contributed by atoms with E-state index in [9.17, 15) is 0 Å². The molecule has 0 bridgehead atoms. The summed E-state index contributed by atoms with van der Waals surface area (Å²) in [7, 11) is 0. The molecule has 0 heterocycles. The standard InChI is InChI=1S/C22H30N2.2C2H6/c1-5-16(3)12-22(24-15-23)17(4)13-18(6-2)20-8-7-9-21(14-20)19-10-11-19;2*1-2/h6-9,13-15,19,22H,3,5,10-12H2,1-2,4H3,(H2,23,24);2*1-2H3/b17-13+,18-6+;;. The molecule has 0 aromatic heterocycles. The zero-order valence-electron chi connectivity index (χ0n) is 19.3. The Kier molecular flexibility index (Phi) is 13.8. The summed E-state index contributed by atoms with van der Waals surface area (Å²) >= 11 is 0. The average molecular weight is 383 g/mol. The Morgan fingerprint density at radius 1 is 1.25 bits per heavy atom. The van der Waals surface area contributed by atoms with E-state index in [2.05, 4.69) is 68.8 Å². The van der Waals surface area contributed by atoms with Gasteiger partial charge in [-0.1, -0.05) is 83.2 Å². The van der Waals surface area contributed by atoms with Crippen molar-refractivity contribution in [2.24, 2.45) is 10.7 Å². The zero-order valence-corrected chi connectivity index (χ0v) is 19.3. The number of aliphatic imine (C=N–C) groups is 1. The summed E-state index contributed by atoms with van der Waals surface area (Å²) in [4.78, 5) is 4.45. The van der Waals surface area contributed by atoms with Gasteiger partial charge in [0.2, 0.25) is 0 Å². The lowest BCUT2D eigenvalue weighted by atomic mass is 9.95. The smallest absolute Gasteiger partial charge is 0.0805 e. The third kappa shape index (κ3) is 8.73. The topological polar surface area (TPSA) is 38.4 Å². The van der Waals surface area contributed by atoms with E-state index < -0.39 is 0 Å². The maximum absolute atomic E-state index is 5.56. The molecule has 1 fully saturated rings. The van der Waals surface area contributed by atoms with Crippen LogP contribution in [0.15, 0.2) is 59.1 Å². The van der Waals surface area contributed by atoms with Gasteiger partial charge < -0.3 is 5.73 Å². The maximum Gasteiger partial charge on any atom is 0.0805 e. The van der Waals surface area contributed by atoms with Gasteiger partial charge in [-0.15, -0.1) is 0 Å². The van der Waals surface area contributed by atoms with E-state index in [1.165, 1.54) is 47.0 Å². The van der Waals surface area contributed by atoms with E-state index >= 15 is 0 Å². The van der Waals surface area contributed by atoms with Crippen molar-refractivity contribution in [3.8, 4) is 0 Å². The van der Waals surface area contributed by atoms with E-state index in [4.69, 9.17) is 5.73 Å². The van der Waals surface area contributed by atoms with Crippen molar-refractivity contribution in [2.75, 3.05) is 0 Å². The SMILES string of the molecule is C=C(CC)CC(N=CN)/C(C)=C/C(=C\C)c1cccc(C2CC2)c1.CC.CC. The molecule has 28 heavy (non-hydrogen) atoms. The van der Waals surface area contributed by atoms with E-state index in [0.717, 1.165) is 18.8 Å². The molecule has 1 saturated carbocycles. The van der Waals surface area contributed by atoms with Crippen molar-refractivity contribution in [3.63, 3.8) is 0 Å². The van der Waals surface area contributed by atoms with Crippen LogP contribution in [0.25, 0.3) is 5.57 Å². The van der Waals surface area contributed by atoms with E-state index in [-0.39, 0.29) is 6.04 Å². The highest BCUT2D eigenvalue weighted by atomic mass is 14.8. The number of allylic oxidation sites excluding steroid dienone is 3. The van der Waals surface area contributed by atoms with Crippen LogP contribution in [0.1, 0.15) is 91.2 Å². The molecule has 2 rings (SSSR count). The molecule has 0 spiro atoms. The Morgan fingerprint density at radius 3 is 2.39 bits per heavy atom. The molecule has 0 radical (unpaired) electrons. The highest BCUT2D eigenvalue weighted by Crippen LogP contribution is 2.40. The third-order valence-electron chi connectivity index (χ3n) is 4.74. The Hall–Kier alpha value is -2.09. The van der Waals surface area contributed by atoms with Gasteiger partial charge in [0, 0.05) is 0 Å². The molecule has 2 nitrogen and oxygen atoms in total. The van der Waals surface area contributed by atoms with Crippen molar-refractivity contribution >= 4 is 11.9 Å². The first-order valence-electron chi connectivity index (χ1n) is 10.9. The molecule has 0 amide bonds. The van der Waals surface area contributed by atoms with Crippen LogP contribution in [0.2, 0.25) is 0 Å². The van der Waals surface area contributed by atoms with Crippen LogP contribution in [0.3, 0.4) is 0 Å². The van der Waals surface area contributed by atoms with Crippen LogP contribution in [-0.2, 0) is 0 Å². The lowest BCUT2D eigenvalue weighted by Crippen LogP contribution is -2.10. The van der Waals surface area contributed by atoms with Crippen molar-refractivity contribution in [1.29, 1.82) is 0 Å². The fourth-order valence-electron chi connectivity index (χ4n) is 2.92. The monoisotopic (exact) mass is 382 g/mol. The van der Waals surface area contributed by atoms with Crippen molar-refractivity contribution < 1.29 is 0 Å². The minimum absolute atomic E-state index is 0.0732. The molecular weight excluding hydrogens is 340 g/mol. The lowest BCUT2D eigenvalue weighted by molar-refractivity contribution is 0.744. The largest absolute Gasteiger partial charge is 0.390 e. The van der Waals surface area contributed by atoms with Gasteiger partial charge in [0.15, 0.2) is 0 Å². The van der Waals surface area contributed by atoms with Gasteiger partial charge in [-0.05, 0) is 67.7 Å². The molecule has 1 aliphatic rings. The highest BCUT2D eigenvalue weighted by Gasteiger charge is 2.23. The summed E-state index contributed by atoms with van der Waals surface area (Å²) in [6.45, 7) is 18.5. The first-order valence-corrected chi connectivity index (χ1v) is 10.9. The van der Waals surface area contributed by atoms with Gasteiger partial charge in [-0.2, -0.15) is 0 Å². The van der Waals surface area contributed by atoms with Crippen molar-refractivity contribution in [1.82, 2.24) is 0 Å². The van der Waals surface area contributed by atoms with Gasteiger partial charge in [0.05, 0.1) is 12.4 Å². The van der Waals surface area contributed by atoms with Crippen LogP contribution in [-0.4, -0.2) is 12.4 Å². The van der Waals surface area contributed by atoms with E-state index in [1.54, 1.807) is 0 Å². The van der Waals surface area contributed by atoms with Crippen LogP contribution < -0.4 is 5.73 Å². The number of benzene rings is 1. The predicted octanol–water partition coefficient (Wildman–Crippen LogP) is 7.68. The van der Waals surface area contributed by atoms with E-state index in [0.29, 0.717) is 0 Å². The summed E-state index contributed by atoms with van der Waals surface area (Å²) in [5.41, 5.74) is 12.0. The molecule has 1 aromatic carbocycles. The molecule has 1 aromatic rings. The van der Waals surface area contributed by atoms with Crippen LogP contribution in [0.4, 0.5) is 0 Å². The first-order chi connectivity index (χ1) is 13.6. The first kappa shape index (κ1) is 25.9. The molecule has 1 aliphatic carbocycles. The fourth-order valence-corrected chi connectivity index (χ4v) is 2.92. The van der Waals surface area contributed by atoms with Crippen molar-refractivity contribution in [2.45, 2.75) is 86.1 Å². The summed E-state index contributed by atoms with van der Waals surface area (Å²) in [6.07, 6.45) is 10.3. The Morgan fingerprint density at radius 2 is 1.89 bits per heavy atom. The number of nitrogens with two attached hydrogens (primary N) is 1. The molecule has 1 unspecified atom stereocenters. The molecule has 2 heteroatoms. The minimum atomic E-state index is 0.0732. The van der Waals surface area contributed by atoms with Crippen LogP contribution in [0.5, 0.6) is 0 Å². The Labute approximate surface area is 174 Å². The molecule has 1 atom stereocenters. The number of rotatable bonds is 8. The summed E-state index contributed by atoms with van der Waals surface area (Å²) in [5, 5.41) is 0. The van der Waals surface area contributed by atoms with Gasteiger partial charge in [-0.25, -0.2) is 0 Å². The van der Waals surface area contributed by atoms with Crippen LogP contribution in [0, 0.1) is 0 Å². The number of nitrogens with zero attached hydrogens (tertiary/aromatic N) is 1. The average Bonchev–Trinajstić information content (AvgIpc) is 3.60. The second kappa shape index (κ2) is 14.9. The molecule has 2 N–H and O–H groups in total. The highest BCUT2D eigenvalue weighted by molar-refractivity contribution is 5.75. The third-order valence-corrected chi connectivity index (χ3v) is 4.74. The Bertz CT molecular complexity index is 661. The Balaban J connectivity index is 0.00000171. The molecule has 0 saturated heterocycles. The van der Waals surface area contributed by atoms with Gasteiger partial charge in [0.1, 0.15) is 0 Å². The lowest BCUT2D eigenvalue weighted by Gasteiger charge is -2.15. The fraction of sp³-hybridized carbons (Fsp3) is 0.500. The van der Waals surface area contributed by atoms with Gasteiger partial charge in [0.25, 0.3) is 0 Å². The zero-order chi connectivity index (χ0) is 21.5. The summed E-state index contributed by atoms with van der Waals surface area (Å²) in [5.74, 6) is 0.774. The quantitative estimate of drug-likeness (QED) is 0.213. The van der Waals surface area contributed by atoms with Gasteiger partial charge >= 0.3 is 0 Å².